The number of rotatable bonds is 19. The first kappa shape index (κ1) is 36.8. The van der Waals surface area contributed by atoms with Crippen molar-refractivity contribution < 1.29 is 32.5 Å². The lowest BCUT2D eigenvalue weighted by atomic mass is 10.0. The number of ether oxygens (including phenoxy) is 3. The Morgan fingerprint density at radius 1 is 1.07 bits per heavy atom. The van der Waals surface area contributed by atoms with E-state index in [1.165, 1.54) is 17.5 Å². The molecule has 0 radical (unpaired) electrons. The average Bonchev–Trinajstić information content (AvgIpc) is 2.95. The third-order valence-corrected chi connectivity index (χ3v) is 8.64. The number of benzene rings is 2. The number of aliphatic hydroxyl groups excluding tert-OH is 1. The van der Waals surface area contributed by atoms with Crippen LogP contribution in [0.2, 0.25) is 0 Å². The number of allylic oxidation sites excluding steroid dienone is 2. The van der Waals surface area contributed by atoms with Crippen LogP contribution in [0, 0.1) is 5.92 Å². The van der Waals surface area contributed by atoms with Gasteiger partial charge in [0.15, 0.2) is 0 Å². The summed E-state index contributed by atoms with van der Waals surface area (Å²) in [5, 5.41) is 14.3. The van der Waals surface area contributed by atoms with Crippen LogP contribution in [0.5, 0.6) is 11.5 Å². The molecule has 2 aromatic carbocycles. The molecule has 244 valence electrons. The minimum Gasteiger partial charge on any atom is -0.497 e. The smallest absolute Gasteiger partial charge is 0.407 e. The number of amides is 1. The maximum atomic E-state index is 14.3. The maximum Gasteiger partial charge on any atom is 0.407 e. The van der Waals surface area contributed by atoms with Gasteiger partial charge in [0.05, 0.1) is 25.9 Å². The Labute approximate surface area is 264 Å². The monoisotopic (exact) mass is 630 g/mol. The lowest BCUT2D eigenvalue weighted by Gasteiger charge is -2.32. The van der Waals surface area contributed by atoms with Gasteiger partial charge in [0, 0.05) is 19.2 Å². The first-order valence-corrected chi connectivity index (χ1v) is 16.5. The molecule has 0 aliphatic carbocycles. The lowest BCUT2D eigenvalue weighted by molar-refractivity contribution is 0.0399. The van der Waals surface area contributed by atoms with Crippen molar-refractivity contribution in [3.8, 4) is 11.5 Å². The average molecular weight is 631 g/mol. The van der Waals surface area contributed by atoms with Gasteiger partial charge in [-0.25, -0.2) is 13.2 Å². The van der Waals surface area contributed by atoms with Gasteiger partial charge in [-0.2, -0.15) is 4.31 Å². The maximum absolute atomic E-state index is 14.3. The van der Waals surface area contributed by atoms with Crippen molar-refractivity contribution in [2.45, 2.75) is 82.4 Å². The fraction of sp³-hybridized carbons (Fsp3) is 0.500. The highest BCUT2D eigenvalue weighted by molar-refractivity contribution is 7.89. The molecule has 2 N–H and O–H groups in total. The van der Waals surface area contributed by atoms with Crippen molar-refractivity contribution in [2.24, 2.45) is 5.92 Å². The van der Waals surface area contributed by atoms with Gasteiger partial charge in [-0.05, 0) is 76.5 Å². The van der Waals surface area contributed by atoms with Gasteiger partial charge < -0.3 is 24.6 Å². The van der Waals surface area contributed by atoms with Crippen LogP contribution in [0.1, 0.15) is 58.9 Å². The second kappa shape index (κ2) is 17.8. The SMILES string of the molecule is C=CCCCCOc1cc(OC)ccc1S(=O)(=O)N(C[C@H](C)CC=C)C[C@@H](O)[C@H](Cc1ccccc1)NC(=O)OC(C)(C)C. The van der Waals surface area contributed by atoms with Crippen molar-refractivity contribution in [2.75, 3.05) is 26.8 Å². The van der Waals surface area contributed by atoms with Crippen molar-refractivity contribution in [1.82, 2.24) is 9.62 Å². The van der Waals surface area contributed by atoms with Gasteiger partial charge in [-0.3, -0.25) is 0 Å². The van der Waals surface area contributed by atoms with Gasteiger partial charge >= 0.3 is 6.09 Å². The molecule has 1 amide bonds. The summed E-state index contributed by atoms with van der Waals surface area (Å²) < 4.78 is 46.6. The van der Waals surface area contributed by atoms with Crippen molar-refractivity contribution in [1.29, 1.82) is 0 Å². The third-order valence-electron chi connectivity index (χ3n) is 6.77. The number of hydrogen-bond acceptors (Lipinski definition) is 7. The zero-order valence-corrected chi connectivity index (χ0v) is 27.6. The molecule has 0 aromatic heterocycles. The molecule has 0 aliphatic rings. The fourth-order valence-corrected chi connectivity index (χ4v) is 6.27. The van der Waals surface area contributed by atoms with E-state index in [0.29, 0.717) is 18.8 Å². The van der Waals surface area contributed by atoms with E-state index in [-0.39, 0.29) is 36.1 Å². The highest BCUT2D eigenvalue weighted by Crippen LogP contribution is 2.32. The Hall–Kier alpha value is -3.34. The first-order valence-electron chi connectivity index (χ1n) is 15.0. The molecule has 0 unspecified atom stereocenters. The van der Waals surface area contributed by atoms with Gasteiger partial charge in [0.25, 0.3) is 0 Å². The zero-order chi connectivity index (χ0) is 32.8. The molecule has 2 rings (SSSR count). The largest absolute Gasteiger partial charge is 0.497 e. The van der Waals surface area contributed by atoms with Crippen molar-refractivity contribution in [3.63, 3.8) is 0 Å². The number of carbonyl (C=O) groups excluding carboxylic acids is 1. The van der Waals surface area contributed by atoms with Crippen molar-refractivity contribution in [3.05, 3.63) is 79.4 Å². The molecule has 0 fully saturated rings. The summed E-state index contributed by atoms with van der Waals surface area (Å²) >= 11 is 0. The van der Waals surface area contributed by atoms with Crippen molar-refractivity contribution >= 4 is 16.1 Å². The Kier molecular flexibility index (Phi) is 14.9. The third kappa shape index (κ3) is 12.3. The van der Waals surface area contributed by atoms with E-state index in [9.17, 15) is 18.3 Å². The molecule has 0 heterocycles. The summed E-state index contributed by atoms with van der Waals surface area (Å²) in [5.41, 5.74) is 0.113. The quantitative estimate of drug-likeness (QED) is 0.142. The summed E-state index contributed by atoms with van der Waals surface area (Å²) in [6.45, 7) is 14.8. The topological polar surface area (TPSA) is 114 Å². The minimum atomic E-state index is -4.18. The molecule has 0 saturated heterocycles. The number of aliphatic hydroxyl groups is 1. The van der Waals surface area contributed by atoms with E-state index >= 15 is 0 Å². The first-order chi connectivity index (χ1) is 20.8. The molecule has 0 bridgehead atoms. The number of methoxy groups -OCH3 is 1. The Bertz CT molecular complexity index is 1290. The van der Waals surface area contributed by atoms with Crippen LogP contribution in [-0.4, -0.2) is 68.5 Å². The number of nitrogens with one attached hydrogen (secondary N) is 1. The number of hydrogen-bond donors (Lipinski definition) is 2. The summed E-state index contributed by atoms with van der Waals surface area (Å²) in [4.78, 5) is 12.8. The molecule has 3 atom stereocenters. The number of nitrogens with zero attached hydrogens (tertiary/aromatic N) is 1. The second-order valence-electron chi connectivity index (χ2n) is 11.9. The molecule has 0 aliphatic heterocycles. The molecular weight excluding hydrogens is 580 g/mol. The van der Waals surface area contributed by atoms with Gasteiger partial charge in [0.1, 0.15) is 22.0 Å². The molecule has 2 aromatic rings. The van der Waals surface area contributed by atoms with Gasteiger partial charge in [-0.15, -0.1) is 13.2 Å². The van der Waals surface area contributed by atoms with Crippen LogP contribution < -0.4 is 14.8 Å². The Morgan fingerprint density at radius 3 is 2.39 bits per heavy atom. The molecule has 0 spiro atoms. The van der Waals surface area contributed by atoms with Crippen LogP contribution in [0.15, 0.2) is 78.7 Å². The Morgan fingerprint density at radius 2 is 1.77 bits per heavy atom. The summed E-state index contributed by atoms with van der Waals surface area (Å²) in [6, 6.07) is 13.1. The van der Waals surface area contributed by atoms with E-state index < -0.39 is 33.9 Å². The highest BCUT2D eigenvalue weighted by Gasteiger charge is 2.34. The van der Waals surface area contributed by atoms with Crippen LogP contribution >= 0.6 is 0 Å². The number of carbonyl (C=O) groups is 1. The van der Waals surface area contributed by atoms with E-state index in [1.54, 1.807) is 39.0 Å². The standard InChI is InChI=1S/C34H50N2O7S/c1-8-10-11-15-21-42-31-23-28(41-7)19-20-32(31)44(39,40)36(24-26(3)16-9-2)25-30(37)29(22-27-17-13-12-14-18-27)35-33(38)43-34(4,5)6/h8-9,12-14,17-20,23,26,29-30,37H,1-2,10-11,15-16,21-22,24-25H2,3-7H3,(H,35,38)/t26-,29+,30-/m1/s1. The van der Waals surface area contributed by atoms with E-state index in [4.69, 9.17) is 14.2 Å². The summed E-state index contributed by atoms with van der Waals surface area (Å²) in [6.07, 6.45) is 4.85. The lowest BCUT2D eigenvalue weighted by Crippen LogP contribution is -2.52. The van der Waals surface area contributed by atoms with E-state index in [2.05, 4.69) is 18.5 Å². The van der Waals surface area contributed by atoms with Crippen LogP contribution in [0.4, 0.5) is 4.79 Å². The number of sulfonamides is 1. The van der Waals surface area contributed by atoms with Gasteiger partial charge in [-0.1, -0.05) is 49.4 Å². The highest BCUT2D eigenvalue weighted by atomic mass is 32.2. The number of alkyl carbamates (subject to hydrolysis) is 1. The fourth-order valence-electron chi connectivity index (χ4n) is 4.58. The normalized spacial score (nSPS) is 13.9. The molecule has 9 nitrogen and oxygen atoms in total. The van der Waals surface area contributed by atoms with Crippen LogP contribution in [0.25, 0.3) is 0 Å². The summed E-state index contributed by atoms with van der Waals surface area (Å²) in [7, 11) is -2.68. The predicted molar refractivity (Wildman–Crippen MR) is 175 cm³/mol. The van der Waals surface area contributed by atoms with Gasteiger partial charge in [0.2, 0.25) is 10.0 Å². The minimum absolute atomic E-state index is 0.0280. The molecular formula is C34H50N2O7S. The summed E-state index contributed by atoms with van der Waals surface area (Å²) in [5.74, 6) is 0.537. The zero-order valence-electron chi connectivity index (χ0n) is 26.8. The molecule has 44 heavy (non-hydrogen) atoms. The number of unbranched alkanes of at least 4 members (excludes halogenated alkanes) is 2. The predicted octanol–water partition coefficient (Wildman–Crippen LogP) is 6.13. The van der Waals surface area contributed by atoms with E-state index in [0.717, 1.165) is 24.8 Å². The molecule has 0 saturated carbocycles. The Balaban J connectivity index is 2.45. The van der Waals surface area contributed by atoms with Crippen LogP contribution in [0.3, 0.4) is 0 Å². The molecule has 10 heteroatoms. The second-order valence-corrected chi connectivity index (χ2v) is 13.8. The van der Waals surface area contributed by atoms with E-state index in [1.807, 2.05) is 43.3 Å². The van der Waals surface area contributed by atoms with Crippen LogP contribution in [-0.2, 0) is 21.2 Å².